The van der Waals surface area contributed by atoms with Crippen LogP contribution >= 0.6 is 12.4 Å². The molecule has 0 radical (unpaired) electrons. The Morgan fingerprint density at radius 1 is 1.24 bits per heavy atom. The summed E-state index contributed by atoms with van der Waals surface area (Å²) >= 11 is 0. The molecule has 2 N–H and O–H groups in total. The smallest absolute Gasteiger partial charge is 0.239 e. The van der Waals surface area contributed by atoms with E-state index in [2.05, 4.69) is 13.8 Å². The van der Waals surface area contributed by atoms with Gasteiger partial charge in [0.05, 0.1) is 6.04 Å². The van der Waals surface area contributed by atoms with E-state index in [4.69, 9.17) is 5.73 Å². The number of halogens is 1. The minimum Gasteiger partial charge on any atom is -0.341 e. The summed E-state index contributed by atoms with van der Waals surface area (Å²) in [6, 6.07) is 9.59. The maximum absolute atomic E-state index is 12.5. The molecule has 3 nitrogen and oxygen atoms in total. The van der Waals surface area contributed by atoms with Gasteiger partial charge in [-0.2, -0.15) is 0 Å². The fourth-order valence-electron chi connectivity index (χ4n) is 2.83. The molecule has 0 spiro atoms. The fourth-order valence-corrected chi connectivity index (χ4v) is 2.83. The summed E-state index contributed by atoms with van der Waals surface area (Å²) in [4.78, 5) is 14.4. The number of rotatable bonds is 3. The van der Waals surface area contributed by atoms with Crippen molar-refractivity contribution in [1.82, 2.24) is 4.90 Å². The maximum Gasteiger partial charge on any atom is 0.239 e. The third-order valence-corrected chi connectivity index (χ3v) is 4.27. The summed E-state index contributed by atoms with van der Waals surface area (Å²) in [5, 5.41) is 0. The summed E-state index contributed by atoms with van der Waals surface area (Å²) in [5.41, 5.74) is 7.58. The molecule has 1 aliphatic rings. The van der Waals surface area contributed by atoms with Crippen LogP contribution in [0.15, 0.2) is 30.3 Å². The van der Waals surface area contributed by atoms with E-state index in [9.17, 15) is 4.79 Å². The van der Waals surface area contributed by atoms with Crippen molar-refractivity contribution in [2.45, 2.75) is 45.6 Å². The second-order valence-corrected chi connectivity index (χ2v) is 6.64. The van der Waals surface area contributed by atoms with Crippen LogP contribution in [-0.2, 0) is 11.2 Å². The van der Waals surface area contributed by atoms with Gasteiger partial charge < -0.3 is 10.6 Å². The van der Waals surface area contributed by atoms with Crippen molar-refractivity contribution in [3.05, 3.63) is 35.9 Å². The number of amides is 1. The highest BCUT2D eigenvalue weighted by atomic mass is 35.5. The van der Waals surface area contributed by atoms with Crippen LogP contribution in [0.3, 0.4) is 0 Å². The van der Waals surface area contributed by atoms with Crippen molar-refractivity contribution in [3.63, 3.8) is 0 Å². The van der Waals surface area contributed by atoms with Crippen molar-refractivity contribution in [1.29, 1.82) is 0 Å². The molecule has 1 aromatic carbocycles. The quantitative estimate of drug-likeness (QED) is 0.933. The van der Waals surface area contributed by atoms with Crippen molar-refractivity contribution >= 4 is 18.3 Å². The van der Waals surface area contributed by atoms with Crippen molar-refractivity contribution in [2.24, 2.45) is 11.1 Å². The molecule has 1 atom stereocenters. The van der Waals surface area contributed by atoms with Gasteiger partial charge in [-0.25, -0.2) is 0 Å². The number of likely N-dealkylation sites (tertiary alicyclic amines) is 1. The van der Waals surface area contributed by atoms with Gasteiger partial charge in [0.2, 0.25) is 5.91 Å². The van der Waals surface area contributed by atoms with E-state index in [0.717, 1.165) is 31.5 Å². The molecule has 1 aromatic rings. The largest absolute Gasteiger partial charge is 0.341 e. The topological polar surface area (TPSA) is 46.3 Å². The fraction of sp³-hybridized carbons (Fsp3) is 0.588. The summed E-state index contributed by atoms with van der Waals surface area (Å²) in [5.74, 6) is 0.103. The van der Waals surface area contributed by atoms with Crippen LogP contribution in [0.4, 0.5) is 0 Å². The molecule has 4 heteroatoms. The Bertz CT molecular complexity index is 447. The van der Waals surface area contributed by atoms with Crippen LogP contribution in [0.5, 0.6) is 0 Å². The molecule has 118 valence electrons. The summed E-state index contributed by atoms with van der Waals surface area (Å²) in [6.45, 7) is 6.26. The Balaban J connectivity index is 0.00000220. The maximum atomic E-state index is 12.5. The zero-order chi connectivity index (χ0) is 14.6. The molecule has 1 aliphatic heterocycles. The minimum atomic E-state index is -0.418. The van der Waals surface area contributed by atoms with Crippen molar-refractivity contribution in [2.75, 3.05) is 13.1 Å². The number of nitrogens with zero attached hydrogens (tertiary/aromatic N) is 1. The predicted octanol–water partition coefficient (Wildman–Crippen LogP) is 3.02. The van der Waals surface area contributed by atoms with E-state index in [1.165, 1.54) is 6.42 Å². The first kappa shape index (κ1) is 18.0. The van der Waals surface area contributed by atoms with Crippen LogP contribution in [-0.4, -0.2) is 29.9 Å². The van der Waals surface area contributed by atoms with Gasteiger partial charge in [-0.05, 0) is 36.7 Å². The van der Waals surface area contributed by atoms with E-state index in [-0.39, 0.29) is 18.3 Å². The van der Waals surface area contributed by atoms with Gasteiger partial charge >= 0.3 is 0 Å². The molecular weight excluding hydrogens is 284 g/mol. The number of benzene rings is 1. The van der Waals surface area contributed by atoms with Crippen LogP contribution < -0.4 is 5.73 Å². The van der Waals surface area contributed by atoms with Gasteiger partial charge in [-0.15, -0.1) is 12.4 Å². The lowest BCUT2D eigenvalue weighted by atomic mass is 9.85. The molecule has 0 unspecified atom stereocenters. The molecule has 0 bridgehead atoms. The SMILES string of the molecule is CC1(C)CCCN(C(=O)[C@@H](N)Cc2ccccc2)CC1.Cl. The monoisotopic (exact) mass is 310 g/mol. The number of carbonyl (C=O) groups is 1. The highest BCUT2D eigenvalue weighted by molar-refractivity contribution is 5.85. The minimum absolute atomic E-state index is 0. The van der Waals surface area contributed by atoms with E-state index in [1.807, 2.05) is 35.2 Å². The van der Waals surface area contributed by atoms with Gasteiger partial charge in [0.15, 0.2) is 0 Å². The first-order valence-electron chi connectivity index (χ1n) is 7.56. The van der Waals surface area contributed by atoms with Gasteiger partial charge in [0.25, 0.3) is 0 Å². The van der Waals surface area contributed by atoms with E-state index < -0.39 is 6.04 Å². The summed E-state index contributed by atoms with van der Waals surface area (Å²) in [6.07, 6.45) is 3.96. The molecule has 0 aliphatic carbocycles. The average Bonchev–Trinajstić information content (AvgIpc) is 2.60. The molecule has 2 rings (SSSR count). The Labute approximate surface area is 134 Å². The van der Waals surface area contributed by atoms with E-state index >= 15 is 0 Å². The molecule has 1 saturated heterocycles. The Kier molecular flexibility index (Phi) is 6.69. The summed E-state index contributed by atoms with van der Waals surface area (Å²) < 4.78 is 0. The molecule has 0 aromatic heterocycles. The second kappa shape index (κ2) is 7.81. The molecule has 1 heterocycles. The first-order valence-corrected chi connectivity index (χ1v) is 7.56. The third kappa shape index (κ3) is 5.33. The van der Waals surface area contributed by atoms with Crippen LogP contribution in [0, 0.1) is 5.41 Å². The lowest BCUT2D eigenvalue weighted by molar-refractivity contribution is -0.132. The third-order valence-electron chi connectivity index (χ3n) is 4.27. The predicted molar refractivity (Wildman–Crippen MR) is 89.6 cm³/mol. The molecular formula is C17H27ClN2O. The number of nitrogens with two attached hydrogens (primary N) is 1. The van der Waals surface area contributed by atoms with E-state index in [0.29, 0.717) is 11.8 Å². The normalized spacial score (nSPS) is 19.3. The lowest BCUT2D eigenvalue weighted by Crippen LogP contribution is -2.45. The van der Waals surface area contributed by atoms with Crippen LogP contribution in [0.1, 0.15) is 38.7 Å². The van der Waals surface area contributed by atoms with Gasteiger partial charge in [0, 0.05) is 13.1 Å². The second-order valence-electron chi connectivity index (χ2n) is 6.64. The molecule has 1 fully saturated rings. The molecule has 21 heavy (non-hydrogen) atoms. The first-order chi connectivity index (χ1) is 9.48. The lowest BCUT2D eigenvalue weighted by Gasteiger charge is -2.25. The van der Waals surface area contributed by atoms with Gasteiger partial charge in [0.1, 0.15) is 0 Å². The summed E-state index contributed by atoms with van der Waals surface area (Å²) in [7, 11) is 0. The average molecular weight is 311 g/mol. The van der Waals surface area contributed by atoms with Crippen LogP contribution in [0.25, 0.3) is 0 Å². The van der Waals surface area contributed by atoms with Crippen molar-refractivity contribution < 1.29 is 4.79 Å². The Morgan fingerprint density at radius 2 is 1.90 bits per heavy atom. The van der Waals surface area contributed by atoms with Crippen LogP contribution in [0.2, 0.25) is 0 Å². The van der Waals surface area contributed by atoms with Crippen molar-refractivity contribution in [3.8, 4) is 0 Å². The standard InChI is InChI=1S/C17H26N2O.ClH/c1-17(2)9-6-11-19(12-10-17)16(20)15(18)13-14-7-4-3-5-8-14;/h3-5,7-8,15H,6,9-13,18H2,1-2H3;1H/t15-;/m0./s1. The Morgan fingerprint density at radius 3 is 2.57 bits per heavy atom. The van der Waals surface area contributed by atoms with Gasteiger partial charge in [-0.3, -0.25) is 4.79 Å². The molecule has 1 amide bonds. The molecule has 0 saturated carbocycles. The highest BCUT2D eigenvalue weighted by Crippen LogP contribution is 2.29. The highest BCUT2D eigenvalue weighted by Gasteiger charge is 2.27. The zero-order valence-corrected chi connectivity index (χ0v) is 13.9. The zero-order valence-electron chi connectivity index (χ0n) is 13.0. The number of carbonyl (C=O) groups excluding carboxylic acids is 1. The number of hydrogen-bond acceptors (Lipinski definition) is 2. The van der Waals surface area contributed by atoms with Gasteiger partial charge in [-0.1, -0.05) is 44.2 Å². The van der Waals surface area contributed by atoms with E-state index in [1.54, 1.807) is 0 Å². The Hall–Kier alpha value is -1.06. The number of hydrogen-bond donors (Lipinski definition) is 1.